The van der Waals surface area contributed by atoms with Gasteiger partial charge in [-0.1, -0.05) is 27.7 Å². The Labute approximate surface area is 307 Å². The van der Waals surface area contributed by atoms with Gasteiger partial charge in [0, 0.05) is 25.4 Å². The molecular formula is C39H64O13. The van der Waals surface area contributed by atoms with Gasteiger partial charge in [0.2, 0.25) is 12.6 Å². The molecule has 1 spiro atoms. The van der Waals surface area contributed by atoms with Crippen molar-refractivity contribution in [1.29, 1.82) is 0 Å². The summed E-state index contributed by atoms with van der Waals surface area (Å²) in [6.07, 6.45) is -1.97. The molecule has 0 amide bonds. The topological polar surface area (TPSA) is 208 Å². The Morgan fingerprint density at radius 1 is 0.865 bits per heavy atom. The van der Waals surface area contributed by atoms with Gasteiger partial charge in [0.05, 0.1) is 25.4 Å². The summed E-state index contributed by atoms with van der Waals surface area (Å²) in [4.78, 5) is 0. The monoisotopic (exact) mass is 740 g/mol. The highest BCUT2D eigenvalue weighted by atomic mass is 16.7. The minimum atomic E-state index is -1.87. The molecule has 6 unspecified atom stereocenters. The fourth-order valence-electron chi connectivity index (χ4n) is 12.6. The van der Waals surface area contributed by atoms with Gasteiger partial charge in [0.25, 0.3) is 0 Å². The van der Waals surface area contributed by atoms with E-state index in [-0.39, 0.29) is 29.5 Å². The third-order valence-corrected chi connectivity index (χ3v) is 15.5. The first-order chi connectivity index (χ1) is 24.7. The molecule has 0 aromatic carbocycles. The maximum atomic E-state index is 11.3. The van der Waals surface area contributed by atoms with Gasteiger partial charge in [-0.3, -0.25) is 0 Å². The van der Waals surface area contributed by atoms with Crippen molar-refractivity contribution < 1.29 is 64.5 Å². The van der Waals surface area contributed by atoms with E-state index in [0.717, 1.165) is 45.1 Å². The van der Waals surface area contributed by atoms with Crippen LogP contribution in [0.25, 0.3) is 0 Å². The molecule has 3 heterocycles. The Morgan fingerprint density at radius 3 is 2.31 bits per heavy atom. The van der Waals surface area contributed by atoms with Crippen LogP contribution in [0.15, 0.2) is 11.5 Å². The third kappa shape index (κ3) is 6.45. The van der Waals surface area contributed by atoms with Crippen LogP contribution in [0.3, 0.4) is 0 Å². The van der Waals surface area contributed by atoms with E-state index in [9.17, 15) is 40.9 Å². The second kappa shape index (κ2) is 14.8. The molecule has 4 saturated carbocycles. The molecule has 0 aromatic rings. The van der Waals surface area contributed by atoms with Crippen LogP contribution in [-0.4, -0.2) is 122 Å². The van der Waals surface area contributed by atoms with Crippen LogP contribution in [0.5, 0.6) is 0 Å². The van der Waals surface area contributed by atoms with Crippen LogP contribution in [0, 0.1) is 52.3 Å². The average Bonchev–Trinajstić information content (AvgIpc) is 3.57. The van der Waals surface area contributed by atoms with Crippen molar-refractivity contribution in [1.82, 2.24) is 0 Å². The minimum Gasteiger partial charge on any atom is -0.506 e. The minimum absolute atomic E-state index is 0.119. The number of hydrogen-bond donors (Lipinski definition) is 8. The molecule has 8 N–H and O–H groups in total. The molecule has 4 aliphatic carbocycles. The van der Waals surface area contributed by atoms with Gasteiger partial charge in [-0.15, -0.1) is 0 Å². The lowest BCUT2D eigenvalue weighted by Crippen LogP contribution is -2.59. The molecule has 0 bridgehead atoms. The molecule has 52 heavy (non-hydrogen) atoms. The van der Waals surface area contributed by atoms with Crippen molar-refractivity contribution in [2.75, 3.05) is 19.8 Å². The number of aliphatic hydroxyl groups excluding tert-OH is 8. The molecule has 7 rings (SSSR count). The predicted molar refractivity (Wildman–Crippen MR) is 185 cm³/mol. The number of hydrogen-bond acceptors (Lipinski definition) is 13. The zero-order chi connectivity index (χ0) is 37.3. The van der Waals surface area contributed by atoms with Gasteiger partial charge in [-0.05, 0) is 104 Å². The largest absolute Gasteiger partial charge is 0.506 e. The molecule has 13 nitrogen and oxygen atoms in total. The standard InChI is InChI=1S/C39H64O13/c1-19-7-13-39(48-18-19)20(2)29-27(52-39)16-25-23-6-5-21-15-22(8-11-37(21,3)24(23)9-12-38(25,29)4)49-35(47)34(30(43)26(42)10-14-40)51-36-33(46)32(45)31(44)28(17-41)50-36/h19-29,31-33,35-36,40-47H,5-18H2,1-4H3/b34-30+/t19-,20-,21+,22-,23?,24?,25-,26-,27-,28?,29?,31+,32?,33?,35-,36-,37-,38-,39+/m0/s1. The smallest absolute Gasteiger partial charge is 0.229 e. The van der Waals surface area contributed by atoms with E-state index >= 15 is 0 Å². The summed E-state index contributed by atoms with van der Waals surface area (Å²) < 4.78 is 30.7. The number of aliphatic hydroxyl groups is 8. The predicted octanol–water partition coefficient (Wildman–Crippen LogP) is 2.47. The van der Waals surface area contributed by atoms with Crippen LogP contribution in [0.4, 0.5) is 0 Å². The summed E-state index contributed by atoms with van der Waals surface area (Å²) in [6, 6.07) is 0. The second-order valence-electron chi connectivity index (χ2n) is 18.2. The van der Waals surface area contributed by atoms with Crippen molar-refractivity contribution in [3.8, 4) is 0 Å². The number of rotatable bonds is 9. The van der Waals surface area contributed by atoms with Crippen molar-refractivity contribution >= 4 is 0 Å². The van der Waals surface area contributed by atoms with E-state index in [1.54, 1.807) is 0 Å². The first-order valence-electron chi connectivity index (χ1n) is 20.0. The van der Waals surface area contributed by atoms with Crippen LogP contribution in [0.1, 0.15) is 98.3 Å². The lowest BCUT2D eigenvalue weighted by molar-refractivity contribution is -0.301. The highest BCUT2D eigenvalue weighted by molar-refractivity contribution is 5.16. The van der Waals surface area contributed by atoms with Crippen molar-refractivity contribution in [3.63, 3.8) is 0 Å². The van der Waals surface area contributed by atoms with Crippen molar-refractivity contribution in [2.45, 2.75) is 159 Å². The van der Waals surface area contributed by atoms with Gasteiger partial charge < -0.3 is 64.5 Å². The van der Waals surface area contributed by atoms with Gasteiger partial charge >= 0.3 is 0 Å². The number of ether oxygens (including phenoxy) is 5. The summed E-state index contributed by atoms with van der Waals surface area (Å²) in [6.45, 7) is 9.27. The van der Waals surface area contributed by atoms with E-state index in [0.29, 0.717) is 54.3 Å². The first-order valence-corrected chi connectivity index (χ1v) is 20.0. The molecular weight excluding hydrogens is 676 g/mol. The Hall–Kier alpha value is -1.10. The van der Waals surface area contributed by atoms with Gasteiger partial charge in [0.1, 0.15) is 30.5 Å². The van der Waals surface area contributed by atoms with E-state index in [2.05, 4.69) is 27.7 Å². The number of fused-ring (bicyclic) bond motifs is 7. The Bertz CT molecular complexity index is 1290. The lowest BCUT2D eigenvalue weighted by atomic mass is 9.44. The molecule has 7 aliphatic rings. The van der Waals surface area contributed by atoms with E-state index < -0.39 is 73.6 Å². The fourth-order valence-corrected chi connectivity index (χ4v) is 12.6. The molecule has 3 saturated heterocycles. The molecule has 0 aromatic heterocycles. The summed E-state index contributed by atoms with van der Waals surface area (Å²) in [5.74, 6) is 1.84. The summed E-state index contributed by atoms with van der Waals surface area (Å²) in [5.41, 5.74) is 0.356. The Balaban J connectivity index is 1.02. The molecule has 7 fully saturated rings. The first kappa shape index (κ1) is 39.1. The van der Waals surface area contributed by atoms with Crippen LogP contribution < -0.4 is 0 Å². The summed E-state index contributed by atoms with van der Waals surface area (Å²) in [7, 11) is 0. The molecule has 3 aliphatic heterocycles. The third-order valence-electron chi connectivity index (χ3n) is 15.5. The average molecular weight is 741 g/mol. The van der Waals surface area contributed by atoms with Gasteiger partial charge in [0.15, 0.2) is 17.3 Å². The molecule has 13 heteroatoms. The summed E-state index contributed by atoms with van der Waals surface area (Å²) in [5, 5.41) is 82.7. The SMILES string of the molecule is C[C@H]1CC[C@@]2(OC1)O[C@H]1C[C@H]3C4CC[C@@H]5C[C@@H](O[C@H](O)/C(O[C@@H]6OC(CO)[C@@H](O)C(O)C6O)=C(\O)[C@@H](O)CCO)CC[C@]5(C)C4CC[C@]3(C)C1[C@@H]2C. The van der Waals surface area contributed by atoms with Crippen molar-refractivity contribution in [3.05, 3.63) is 11.5 Å². The van der Waals surface area contributed by atoms with Crippen LogP contribution in [-0.2, 0) is 23.7 Å². The molecule has 0 radical (unpaired) electrons. The maximum Gasteiger partial charge on any atom is 0.229 e. The van der Waals surface area contributed by atoms with E-state index in [4.69, 9.17) is 23.7 Å². The lowest BCUT2D eigenvalue weighted by Gasteiger charge is -2.61. The highest BCUT2D eigenvalue weighted by Crippen LogP contribution is 2.71. The quantitative estimate of drug-likeness (QED) is 0.126. The van der Waals surface area contributed by atoms with Gasteiger partial charge in [-0.25, -0.2) is 0 Å². The molecule has 298 valence electrons. The Morgan fingerprint density at radius 2 is 1.62 bits per heavy atom. The normalized spacial score (nSPS) is 51.8. The van der Waals surface area contributed by atoms with Gasteiger partial charge in [-0.2, -0.15) is 0 Å². The van der Waals surface area contributed by atoms with E-state index in [1.807, 2.05) is 0 Å². The van der Waals surface area contributed by atoms with E-state index in [1.165, 1.54) is 12.8 Å². The zero-order valence-corrected chi connectivity index (χ0v) is 31.3. The van der Waals surface area contributed by atoms with Crippen LogP contribution in [0.2, 0.25) is 0 Å². The zero-order valence-electron chi connectivity index (χ0n) is 31.3. The highest BCUT2D eigenvalue weighted by Gasteiger charge is 2.69. The summed E-state index contributed by atoms with van der Waals surface area (Å²) >= 11 is 0. The van der Waals surface area contributed by atoms with Crippen LogP contribution >= 0.6 is 0 Å². The van der Waals surface area contributed by atoms with Crippen molar-refractivity contribution in [2.24, 2.45) is 52.3 Å². The fraction of sp³-hybridized carbons (Fsp3) is 0.949. The maximum absolute atomic E-state index is 11.3. The second-order valence-corrected chi connectivity index (χ2v) is 18.2. The molecule has 19 atom stereocenters. The Kier molecular flexibility index (Phi) is 11.1.